The first kappa shape index (κ1) is 34.1. The average molecular weight is 673 g/mol. The molecule has 0 aromatic heterocycles. The minimum atomic E-state index is 0.977. The minimum absolute atomic E-state index is 0.977. The van der Waals surface area contributed by atoms with Gasteiger partial charge in [-0.25, -0.2) is 0 Å². The largest absolute Gasteiger partial charge is 0.310 e. The number of rotatable bonds is 12. The van der Waals surface area contributed by atoms with Crippen LogP contribution in [0.5, 0.6) is 0 Å². The van der Waals surface area contributed by atoms with Crippen LogP contribution in [0.25, 0.3) is 24.3 Å². The average Bonchev–Trinajstić information content (AvgIpc) is 3.22. The summed E-state index contributed by atoms with van der Waals surface area (Å²) in [4.78, 5) is 4.69. The van der Waals surface area contributed by atoms with E-state index in [2.05, 4.69) is 230 Å². The fourth-order valence-corrected chi connectivity index (χ4v) is 6.64. The van der Waals surface area contributed by atoms with Crippen molar-refractivity contribution in [3.8, 4) is 0 Å². The molecule has 0 saturated heterocycles. The highest BCUT2D eigenvalue weighted by atomic mass is 15.1. The van der Waals surface area contributed by atoms with Gasteiger partial charge in [-0.1, -0.05) is 159 Å². The Kier molecular flexibility index (Phi) is 10.8. The summed E-state index contributed by atoms with van der Waals surface area (Å²) in [6, 6.07) is 64.9. The van der Waals surface area contributed by atoms with Crippen molar-refractivity contribution in [3.63, 3.8) is 0 Å². The Morgan fingerprint density at radius 3 is 0.904 bits per heavy atom. The lowest BCUT2D eigenvalue weighted by Gasteiger charge is -2.27. The Morgan fingerprint density at radius 2 is 0.577 bits per heavy atom. The number of benzene rings is 7. The summed E-state index contributed by atoms with van der Waals surface area (Å²) >= 11 is 0. The molecular formula is C50H44N2. The molecule has 0 radical (unpaired) electrons. The fraction of sp³-hybridized carbons (Fsp3) is 0.0800. The summed E-state index contributed by atoms with van der Waals surface area (Å²) < 4.78 is 0. The maximum absolute atomic E-state index is 2.35. The van der Waals surface area contributed by atoms with Gasteiger partial charge >= 0.3 is 0 Å². The van der Waals surface area contributed by atoms with Crippen molar-refractivity contribution in [2.75, 3.05) is 9.80 Å². The Morgan fingerprint density at radius 1 is 0.308 bits per heavy atom. The van der Waals surface area contributed by atoms with E-state index in [4.69, 9.17) is 0 Å². The van der Waals surface area contributed by atoms with E-state index in [9.17, 15) is 0 Å². The SMILES string of the molecule is CCc1ccccc1N(c1ccccc1)c1ccc(/C=C/c2ccc(/C=C/c3ccc(N(c4ccccc4)c4ccccc4CC)cc3)cc2)cc1. The van der Waals surface area contributed by atoms with E-state index in [0.29, 0.717) is 0 Å². The predicted octanol–water partition coefficient (Wildman–Crippen LogP) is 14.1. The van der Waals surface area contributed by atoms with Gasteiger partial charge in [0.05, 0.1) is 0 Å². The van der Waals surface area contributed by atoms with E-state index < -0.39 is 0 Å². The van der Waals surface area contributed by atoms with Crippen LogP contribution in [0.4, 0.5) is 34.1 Å². The highest BCUT2D eigenvalue weighted by molar-refractivity contribution is 5.81. The molecule has 2 nitrogen and oxygen atoms in total. The third-order valence-electron chi connectivity index (χ3n) is 9.43. The Balaban J connectivity index is 1.03. The monoisotopic (exact) mass is 672 g/mol. The lowest BCUT2D eigenvalue weighted by Crippen LogP contribution is -2.11. The molecule has 0 aliphatic carbocycles. The summed E-state index contributed by atoms with van der Waals surface area (Å²) in [6.45, 7) is 4.43. The first-order valence-electron chi connectivity index (χ1n) is 18.2. The van der Waals surface area contributed by atoms with Crippen LogP contribution in [0, 0.1) is 0 Å². The normalized spacial score (nSPS) is 11.3. The molecule has 7 aromatic carbocycles. The topological polar surface area (TPSA) is 6.48 Å². The summed E-state index contributed by atoms with van der Waals surface area (Å²) in [5, 5.41) is 0. The molecule has 0 unspecified atom stereocenters. The van der Waals surface area contributed by atoms with Crippen LogP contribution in [0.15, 0.2) is 182 Å². The molecule has 52 heavy (non-hydrogen) atoms. The summed E-state index contributed by atoms with van der Waals surface area (Å²) in [7, 11) is 0. The highest BCUT2D eigenvalue weighted by Crippen LogP contribution is 2.38. The molecule has 0 aliphatic heterocycles. The van der Waals surface area contributed by atoms with Gasteiger partial charge in [-0.2, -0.15) is 0 Å². The smallest absolute Gasteiger partial charge is 0.0493 e. The molecule has 0 atom stereocenters. The van der Waals surface area contributed by atoms with Gasteiger partial charge in [0.2, 0.25) is 0 Å². The number of para-hydroxylation sites is 4. The lowest BCUT2D eigenvalue weighted by molar-refractivity contribution is 1.11. The van der Waals surface area contributed by atoms with E-state index in [1.807, 2.05) is 0 Å². The van der Waals surface area contributed by atoms with Crippen molar-refractivity contribution in [2.45, 2.75) is 26.7 Å². The first-order valence-corrected chi connectivity index (χ1v) is 18.2. The molecule has 254 valence electrons. The zero-order valence-electron chi connectivity index (χ0n) is 29.9. The third-order valence-corrected chi connectivity index (χ3v) is 9.43. The molecule has 7 aromatic rings. The van der Waals surface area contributed by atoms with Gasteiger partial charge in [0, 0.05) is 34.1 Å². The van der Waals surface area contributed by atoms with E-state index in [-0.39, 0.29) is 0 Å². The van der Waals surface area contributed by atoms with Crippen LogP contribution < -0.4 is 9.80 Å². The van der Waals surface area contributed by atoms with Crippen molar-refractivity contribution in [1.29, 1.82) is 0 Å². The molecule has 0 amide bonds. The Hall–Kier alpha value is -6.38. The number of hydrogen-bond donors (Lipinski definition) is 0. The van der Waals surface area contributed by atoms with Gasteiger partial charge in [0.1, 0.15) is 0 Å². The fourth-order valence-electron chi connectivity index (χ4n) is 6.64. The molecule has 0 aliphatic rings. The van der Waals surface area contributed by atoms with Crippen molar-refractivity contribution in [2.24, 2.45) is 0 Å². The molecule has 2 heteroatoms. The van der Waals surface area contributed by atoms with Crippen molar-refractivity contribution in [1.82, 2.24) is 0 Å². The van der Waals surface area contributed by atoms with Crippen LogP contribution in [0.3, 0.4) is 0 Å². The maximum Gasteiger partial charge on any atom is 0.0493 e. The second-order valence-corrected chi connectivity index (χ2v) is 12.8. The molecule has 0 spiro atoms. The van der Waals surface area contributed by atoms with Gasteiger partial charge in [-0.3, -0.25) is 0 Å². The van der Waals surface area contributed by atoms with Gasteiger partial charge in [0.15, 0.2) is 0 Å². The molecule has 7 rings (SSSR count). The zero-order valence-corrected chi connectivity index (χ0v) is 29.9. The van der Waals surface area contributed by atoms with E-state index >= 15 is 0 Å². The van der Waals surface area contributed by atoms with Crippen LogP contribution in [-0.4, -0.2) is 0 Å². The van der Waals surface area contributed by atoms with Crippen LogP contribution in [0.2, 0.25) is 0 Å². The molecular weight excluding hydrogens is 629 g/mol. The van der Waals surface area contributed by atoms with Crippen molar-refractivity contribution >= 4 is 58.4 Å². The molecule has 0 bridgehead atoms. The molecule has 0 heterocycles. The number of nitrogens with zero attached hydrogens (tertiary/aromatic N) is 2. The Bertz CT molecular complexity index is 2070. The van der Waals surface area contributed by atoms with E-state index in [0.717, 1.165) is 46.7 Å². The van der Waals surface area contributed by atoms with Crippen molar-refractivity contribution in [3.05, 3.63) is 215 Å². The predicted molar refractivity (Wildman–Crippen MR) is 225 cm³/mol. The molecule has 0 N–H and O–H groups in total. The highest BCUT2D eigenvalue weighted by Gasteiger charge is 2.16. The first-order chi connectivity index (χ1) is 25.7. The molecule has 0 fully saturated rings. The van der Waals surface area contributed by atoms with Gasteiger partial charge in [-0.15, -0.1) is 0 Å². The lowest BCUT2D eigenvalue weighted by atomic mass is 10.1. The van der Waals surface area contributed by atoms with E-state index in [1.165, 1.54) is 33.6 Å². The second kappa shape index (κ2) is 16.6. The zero-order chi connectivity index (χ0) is 35.5. The van der Waals surface area contributed by atoms with Crippen LogP contribution in [0.1, 0.15) is 47.2 Å². The van der Waals surface area contributed by atoms with Gasteiger partial charge in [-0.05, 0) is 107 Å². The quantitative estimate of drug-likeness (QED) is 0.119. The summed E-state index contributed by atoms with van der Waals surface area (Å²) in [6.07, 6.45) is 10.7. The molecule has 0 saturated carbocycles. The minimum Gasteiger partial charge on any atom is -0.310 e. The van der Waals surface area contributed by atoms with Crippen LogP contribution >= 0.6 is 0 Å². The number of hydrogen-bond acceptors (Lipinski definition) is 2. The van der Waals surface area contributed by atoms with Gasteiger partial charge < -0.3 is 9.80 Å². The van der Waals surface area contributed by atoms with Gasteiger partial charge in [0.25, 0.3) is 0 Å². The second-order valence-electron chi connectivity index (χ2n) is 12.8. The summed E-state index contributed by atoms with van der Waals surface area (Å²) in [5.74, 6) is 0. The van der Waals surface area contributed by atoms with E-state index in [1.54, 1.807) is 0 Å². The number of aryl methyl sites for hydroxylation is 2. The van der Waals surface area contributed by atoms with Crippen molar-refractivity contribution < 1.29 is 0 Å². The third kappa shape index (κ3) is 7.98. The Labute approximate surface area is 309 Å². The van der Waals surface area contributed by atoms with Crippen LogP contribution in [-0.2, 0) is 12.8 Å². The maximum atomic E-state index is 2.35. The standard InChI is InChI=1S/C50H44N2/c1-3-43-15-11-13-21-49(43)51(45-17-7-5-8-18-45)47-35-31-41(32-36-47)29-27-39-23-25-40(26-24-39)28-30-42-33-37-48(38-34-42)52(46-19-9-6-10-20-46)50-22-14-12-16-44(50)4-2/h5-38H,3-4H2,1-2H3/b29-27+,30-28+. The number of anilines is 6. The summed E-state index contributed by atoms with van der Waals surface area (Å²) in [5.41, 5.74) is 14.3.